The molecule has 8 heteroatoms. The van der Waals surface area contributed by atoms with E-state index in [2.05, 4.69) is 21.1 Å². The first-order chi connectivity index (χ1) is 13.4. The van der Waals surface area contributed by atoms with Gasteiger partial charge in [0.05, 0.1) is 11.9 Å². The maximum atomic E-state index is 12.2. The number of halogens is 3. The highest BCUT2D eigenvalue weighted by atomic mass is 19.4. The zero-order chi connectivity index (χ0) is 19.7. The zero-order valence-electron chi connectivity index (χ0n) is 14.8. The molecule has 0 aliphatic heterocycles. The molecule has 2 heterocycles. The fraction of sp³-hybridized carbons (Fsp3) is 0.300. The molecule has 0 radical (unpaired) electrons. The van der Waals surface area contributed by atoms with Crippen molar-refractivity contribution in [3.8, 4) is 5.88 Å². The van der Waals surface area contributed by atoms with Crippen LogP contribution in [0, 0.1) is 0 Å². The summed E-state index contributed by atoms with van der Waals surface area (Å²) in [7, 11) is 0. The third-order valence-corrected chi connectivity index (χ3v) is 4.65. The van der Waals surface area contributed by atoms with Gasteiger partial charge in [-0.1, -0.05) is 0 Å². The van der Waals surface area contributed by atoms with Crippen LogP contribution in [0.4, 0.5) is 18.9 Å². The largest absolute Gasteiger partial charge is 0.468 e. The van der Waals surface area contributed by atoms with Gasteiger partial charge in [0.1, 0.15) is 5.58 Å². The average molecular weight is 390 g/mol. The molecule has 3 aromatic rings. The summed E-state index contributed by atoms with van der Waals surface area (Å²) in [6.07, 6.45) is 0.0790. The standard InChI is InChI=1S/C20H17F3N2O3/c21-20(22,23)11-27-18-5-4-15(10-25-18)24-9-14-8-19(26)28-17-7-13-3-1-2-12(13)6-16(14)17/h4-8,10,24H,1-3,9,11H2. The Morgan fingerprint density at radius 3 is 2.64 bits per heavy atom. The van der Waals surface area contributed by atoms with Crippen LogP contribution < -0.4 is 15.7 Å². The van der Waals surface area contributed by atoms with Crippen LogP contribution in [0.3, 0.4) is 0 Å². The Hall–Kier alpha value is -3.03. The van der Waals surface area contributed by atoms with E-state index >= 15 is 0 Å². The predicted octanol–water partition coefficient (Wildman–Crippen LogP) is 4.23. The normalized spacial score (nSPS) is 13.5. The minimum absolute atomic E-state index is 0.107. The second-order valence-electron chi connectivity index (χ2n) is 6.70. The monoisotopic (exact) mass is 390 g/mol. The van der Waals surface area contributed by atoms with Gasteiger partial charge in [0.15, 0.2) is 6.61 Å². The summed E-state index contributed by atoms with van der Waals surface area (Å²) >= 11 is 0. The van der Waals surface area contributed by atoms with Crippen molar-refractivity contribution in [2.75, 3.05) is 11.9 Å². The van der Waals surface area contributed by atoms with Gasteiger partial charge in [0, 0.05) is 24.1 Å². The van der Waals surface area contributed by atoms with Crippen molar-refractivity contribution in [2.45, 2.75) is 32.0 Å². The molecule has 5 nitrogen and oxygen atoms in total. The summed E-state index contributed by atoms with van der Waals surface area (Å²) < 4.78 is 46.5. The molecular formula is C20H17F3N2O3. The van der Waals surface area contributed by atoms with Gasteiger partial charge < -0.3 is 14.5 Å². The fourth-order valence-corrected chi connectivity index (χ4v) is 3.36. The molecule has 28 heavy (non-hydrogen) atoms. The van der Waals surface area contributed by atoms with Crippen molar-refractivity contribution in [3.05, 3.63) is 63.6 Å². The van der Waals surface area contributed by atoms with E-state index in [0.717, 1.165) is 30.2 Å². The van der Waals surface area contributed by atoms with Gasteiger partial charge in [-0.2, -0.15) is 13.2 Å². The number of ether oxygens (including phenoxy) is 1. The van der Waals surface area contributed by atoms with Crippen LogP contribution in [-0.4, -0.2) is 17.8 Å². The number of hydrogen-bond acceptors (Lipinski definition) is 5. The van der Waals surface area contributed by atoms with Crippen molar-refractivity contribution in [1.29, 1.82) is 0 Å². The maximum Gasteiger partial charge on any atom is 0.422 e. The zero-order valence-corrected chi connectivity index (χ0v) is 14.8. The summed E-state index contributed by atoms with van der Waals surface area (Å²) in [5.41, 5.74) is 4.03. The van der Waals surface area contributed by atoms with Crippen LogP contribution in [0.1, 0.15) is 23.1 Å². The lowest BCUT2D eigenvalue weighted by atomic mass is 10.0. The molecule has 0 unspecified atom stereocenters. The molecule has 0 amide bonds. The number of aryl methyl sites for hydroxylation is 2. The van der Waals surface area contributed by atoms with Gasteiger partial charge in [-0.25, -0.2) is 9.78 Å². The third-order valence-electron chi connectivity index (χ3n) is 4.65. The molecule has 1 aromatic carbocycles. The number of anilines is 1. The van der Waals surface area contributed by atoms with Gasteiger partial charge in [0.25, 0.3) is 0 Å². The lowest BCUT2D eigenvalue weighted by molar-refractivity contribution is -0.154. The summed E-state index contributed by atoms with van der Waals surface area (Å²) in [6, 6.07) is 8.40. The van der Waals surface area contributed by atoms with Crippen molar-refractivity contribution in [3.63, 3.8) is 0 Å². The van der Waals surface area contributed by atoms with Crippen LogP contribution in [0.25, 0.3) is 11.0 Å². The number of aromatic nitrogens is 1. The highest BCUT2D eigenvalue weighted by molar-refractivity contribution is 5.82. The highest BCUT2D eigenvalue weighted by Crippen LogP contribution is 2.29. The van der Waals surface area contributed by atoms with Crippen molar-refractivity contribution >= 4 is 16.7 Å². The van der Waals surface area contributed by atoms with Crippen molar-refractivity contribution < 1.29 is 22.3 Å². The first-order valence-electron chi connectivity index (χ1n) is 8.85. The molecule has 146 valence electrons. The Kier molecular flexibility index (Phi) is 4.70. The molecule has 1 aliphatic rings. The number of benzene rings is 1. The minimum Gasteiger partial charge on any atom is -0.468 e. The molecule has 0 bridgehead atoms. The molecular weight excluding hydrogens is 373 g/mol. The Balaban J connectivity index is 1.50. The lowest BCUT2D eigenvalue weighted by Crippen LogP contribution is -2.19. The van der Waals surface area contributed by atoms with E-state index in [1.165, 1.54) is 29.5 Å². The van der Waals surface area contributed by atoms with Gasteiger partial charge in [0.2, 0.25) is 5.88 Å². The summed E-state index contributed by atoms with van der Waals surface area (Å²) in [5.74, 6) is -0.107. The van der Waals surface area contributed by atoms with E-state index < -0.39 is 18.4 Å². The number of alkyl halides is 3. The summed E-state index contributed by atoms with van der Waals surface area (Å²) in [4.78, 5) is 15.8. The predicted molar refractivity (Wildman–Crippen MR) is 97.6 cm³/mol. The maximum absolute atomic E-state index is 12.2. The van der Waals surface area contributed by atoms with E-state index in [0.29, 0.717) is 17.8 Å². The first-order valence-corrected chi connectivity index (χ1v) is 8.85. The molecule has 0 atom stereocenters. The number of rotatable bonds is 5. The van der Waals surface area contributed by atoms with E-state index in [4.69, 9.17) is 4.42 Å². The number of nitrogens with one attached hydrogen (secondary N) is 1. The quantitative estimate of drug-likeness (QED) is 0.661. The van der Waals surface area contributed by atoms with Crippen LogP contribution >= 0.6 is 0 Å². The summed E-state index contributed by atoms with van der Waals surface area (Å²) in [6.45, 7) is -1.03. The molecule has 2 aromatic heterocycles. The van der Waals surface area contributed by atoms with E-state index in [-0.39, 0.29) is 5.88 Å². The molecule has 0 fully saturated rings. The Bertz CT molecular complexity index is 1060. The Labute approximate surface area is 158 Å². The van der Waals surface area contributed by atoms with Crippen LogP contribution in [0.2, 0.25) is 0 Å². The van der Waals surface area contributed by atoms with Crippen molar-refractivity contribution in [1.82, 2.24) is 4.98 Å². The number of pyridine rings is 1. The number of hydrogen-bond donors (Lipinski definition) is 1. The van der Waals surface area contributed by atoms with Crippen LogP contribution in [0.15, 0.2) is 45.7 Å². The van der Waals surface area contributed by atoms with Gasteiger partial charge in [-0.3, -0.25) is 0 Å². The molecule has 4 rings (SSSR count). The second kappa shape index (κ2) is 7.18. The molecule has 0 spiro atoms. The minimum atomic E-state index is -4.41. The molecule has 1 N–H and O–H groups in total. The average Bonchev–Trinajstić information content (AvgIpc) is 3.10. The molecule has 0 saturated heterocycles. The van der Waals surface area contributed by atoms with Gasteiger partial charge >= 0.3 is 11.8 Å². The first kappa shape index (κ1) is 18.3. The van der Waals surface area contributed by atoms with Crippen LogP contribution in [-0.2, 0) is 19.4 Å². The van der Waals surface area contributed by atoms with E-state index in [9.17, 15) is 18.0 Å². The van der Waals surface area contributed by atoms with E-state index in [1.807, 2.05) is 6.07 Å². The molecule has 0 saturated carbocycles. The highest BCUT2D eigenvalue weighted by Gasteiger charge is 2.28. The number of fused-ring (bicyclic) bond motifs is 2. The lowest BCUT2D eigenvalue weighted by Gasteiger charge is -2.11. The third kappa shape index (κ3) is 4.11. The second-order valence-corrected chi connectivity index (χ2v) is 6.70. The number of nitrogens with zero attached hydrogens (tertiary/aromatic N) is 1. The smallest absolute Gasteiger partial charge is 0.422 e. The van der Waals surface area contributed by atoms with Crippen molar-refractivity contribution in [2.24, 2.45) is 0 Å². The fourth-order valence-electron chi connectivity index (χ4n) is 3.36. The summed E-state index contributed by atoms with van der Waals surface area (Å²) in [5, 5.41) is 4.01. The Morgan fingerprint density at radius 1 is 1.14 bits per heavy atom. The topological polar surface area (TPSA) is 64.4 Å². The van der Waals surface area contributed by atoms with E-state index in [1.54, 1.807) is 6.07 Å². The molecule has 1 aliphatic carbocycles. The van der Waals surface area contributed by atoms with Crippen LogP contribution in [0.5, 0.6) is 5.88 Å². The van der Waals surface area contributed by atoms with Gasteiger partial charge in [-0.15, -0.1) is 0 Å². The Morgan fingerprint density at radius 2 is 1.93 bits per heavy atom. The van der Waals surface area contributed by atoms with Gasteiger partial charge in [-0.05, 0) is 54.2 Å². The SMILES string of the molecule is O=c1cc(CNc2ccc(OCC(F)(F)F)nc2)c2cc3c(cc2o1)CCC3.